The molecule has 6 nitrogen and oxygen atoms in total. The normalized spacial score (nSPS) is 14.0. The zero-order valence-electron chi connectivity index (χ0n) is 16.0. The van der Waals surface area contributed by atoms with Gasteiger partial charge in [0.05, 0.1) is 19.4 Å². The number of ether oxygens (including phenoxy) is 1. The van der Waals surface area contributed by atoms with E-state index in [9.17, 15) is 5.11 Å². The van der Waals surface area contributed by atoms with Crippen LogP contribution in [0.1, 0.15) is 25.2 Å². The molecule has 0 amide bonds. The molecule has 0 saturated heterocycles. The summed E-state index contributed by atoms with van der Waals surface area (Å²) < 4.78 is 11.1. The molecule has 1 aromatic carbocycles. The maximum atomic E-state index is 10.5. The number of nitrogens with one attached hydrogen (secondary N) is 1. The predicted octanol–water partition coefficient (Wildman–Crippen LogP) is 2.77. The summed E-state index contributed by atoms with van der Waals surface area (Å²) in [6, 6.07) is 11.5. The number of aliphatic hydroxyl groups is 1. The first-order chi connectivity index (χ1) is 12.4. The molecule has 0 fully saturated rings. The summed E-state index contributed by atoms with van der Waals surface area (Å²) in [5.41, 5.74) is 0.0586. The first-order valence-corrected chi connectivity index (χ1v) is 8.87. The van der Waals surface area contributed by atoms with E-state index in [4.69, 9.17) is 9.15 Å². The van der Waals surface area contributed by atoms with Crippen molar-refractivity contribution in [1.29, 1.82) is 0 Å². The molecule has 1 atom stereocenters. The molecule has 0 aliphatic heterocycles. The first kappa shape index (κ1) is 19.8. The lowest BCUT2D eigenvalue weighted by Gasteiger charge is -2.24. The number of nitrogens with zero attached hydrogens (tertiary/aromatic N) is 2. The van der Waals surface area contributed by atoms with Gasteiger partial charge in [-0.15, -0.1) is 0 Å². The van der Waals surface area contributed by atoms with Crippen molar-refractivity contribution in [3.05, 3.63) is 54.0 Å². The van der Waals surface area contributed by atoms with Gasteiger partial charge in [-0.1, -0.05) is 17.7 Å². The third-order valence-corrected chi connectivity index (χ3v) is 4.00. The van der Waals surface area contributed by atoms with Gasteiger partial charge in [0.1, 0.15) is 23.7 Å². The van der Waals surface area contributed by atoms with Gasteiger partial charge in [-0.2, -0.15) is 0 Å². The highest BCUT2D eigenvalue weighted by atomic mass is 16.5. The average Bonchev–Trinajstić information content (AvgIpc) is 3.16. The summed E-state index contributed by atoms with van der Waals surface area (Å²) in [4.78, 5) is 6.53. The smallest absolute Gasteiger partial charge is 0.193 e. The van der Waals surface area contributed by atoms with Crippen LogP contribution < -0.4 is 10.1 Å². The quantitative estimate of drug-likeness (QED) is 0.560. The van der Waals surface area contributed by atoms with Crippen LogP contribution in [0, 0.1) is 6.92 Å². The van der Waals surface area contributed by atoms with Crippen LogP contribution in [-0.2, 0) is 5.60 Å². The summed E-state index contributed by atoms with van der Waals surface area (Å²) >= 11 is 0. The van der Waals surface area contributed by atoms with Crippen LogP contribution in [0.4, 0.5) is 0 Å². The molecule has 2 rings (SSSR count). The fourth-order valence-corrected chi connectivity index (χ4v) is 2.40. The number of likely N-dealkylation sites (N-methyl/N-ethyl adjacent to an activating group) is 1. The van der Waals surface area contributed by atoms with Crippen molar-refractivity contribution in [3.8, 4) is 5.75 Å². The van der Waals surface area contributed by atoms with Gasteiger partial charge >= 0.3 is 0 Å². The van der Waals surface area contributed by atoms with Gasteiger partial charge in [-0.3, -0.25) is 0 Å². The third-order valence-electron chi connectivity index (χ3n) is 4.00. The minimum atomic E-state index is -1.15. The van der Waals surface area contributed by atoms with E-state index in [-0.39, 0.29) is 6.54 Å². The Labute approximate surface area is 155 Å². The summed E-state index contributed by atoms with van der Waals surface area (Å²) in [7, 11) is 1.95. The molecule has 0 aliphatic rings. The highest BCUT2D eigenvalue weighted by molar-refractivity contribution is 5.79. The van der Waals surface area contributed by atoms with E-state index in [0.717, 1.165) is 12.3 Å². The summed E-state index contributed by atoms with van der Waals surface area (Å²) in [6.07, 6.45) is 1.55. The number of guanidine groups is 1. The van der Waals surface area contributed by atoms with Gasteiger partial charge in [-0.05, 0) is 45.0 Å². The van der Waals surface area contributed by atoms with Crippen LogP contribution in [0.3, 0.4) is 0 Å². The van der Waals surface area contributed by atoms with E-state index in [2.05, 4.69) is 10.3 Å². The third kappa shape index (κ3) is 5.81. The van der Waals surface area contributed by atoms with Crippen LogP contribution in [-0.4, -0.2) is 49.3 Å². The average molecular weight is 359 g/mol. The lowest BCUT2D eigenvalue weighted by Crippen LogP contribution is -2.42. The lowest BCUT2D eigenvalue weighted by atomic mass is 10.0. The summed E-state index contributed by atoms with van der Waals surface area (Å²) in [5, 5.41) is 13.8. The fourth-order valence-electron chi connectivity index (χ4n) is 2.40. The Bertz CT molecular complexity index is 679. The molecule has 1 aromatic heterocycles. The van der Waals surface area contributed by atoms with E-state index in [1.54, 1.807) is 25.3 Å². The standard InChI is InChI=1S/C20H29N3O3/c1-5-21-19(22-15-20(3,24)18-7-6-13-26-18)23(4)12-14-25-17-10-8-16(2)9-11-17/h6-11,13,24H,5,12,14-15H2,1-4H3,(H,21,22). The number of aryl methyl sites for hydroxylation is 1. The van der Waals surface area contributed by atoms with Gasteiger partial charge in [0.2, 0.25) is 0 Å². The number of rotatable bonds is 8. The van der Waals surface area contributed by atoms with Crippen molar-refractivity contribution in [2.75, 3.05) is 33.3 Å². The minimum absolute atomic E-state index is 0.200. The monoisotopic (exact) mass is 359 g/mol. The van der Waals surface area contributed by atoms with Crippen molar-refractivity contribution in [1.82, 2.24) is 10.2 Å². The van der Waals surface area contributed by atoms with Crippen LogP contribution in [0.25, 0.3) is 0 Å². The molecular formula is C20H29N3O3. The van der Waals surface area contributed by atoms with Crippen LogP contribution >= 0.6 is 0 Å². The topological polar surface area (TPSA) is 70.2 Å². The van der Waals surface area contributed by atoms with Gasteiger partial charge in [-0.25, -0.2) is 4.99 Å². The van der Waals surface area contributed by atoms with E-state index < -0.39 is 5.60 Å². The van der Waals surface area contributed by atoms with E-state index >= 15 is 0 Å². The zero-order chi connectivity index (χ0) is 19.0. The van der Waals surface area contributed by atoms with Gasteiger partial charge < -0.3 is 24.5 Å². The molecule has 1 heterocycles. The Kier molecular flexibility index (Phi) is 7.09. The molecule has 0 aliphatic carbocycles. The van der Waals surface area contributed by atoms with E-state index in [0.29, 0.717) is 24.9 Å². The second kappa shape index (κ2) is 9.29. The maximum Gasteiger partial charge on any atom is 0.193 e. The van der Waals surface area contributed by atoms with Crippen LogP contribution in [0.2, 0.25) is 0 Å². The minimum Gasteiger partial charge on any atom is -0.492 e. The second-order valence-electron chi connectivity index (χ2n) is 6.50. The predicted molar refractivity (Wildman–Crippen MR) is 104 cm³/mol. The Morgan fingerprint density at radius 2 is 2.04 bits per heavy atom. The van der Waals surface area contributed by atoms with Crippen LogP contribution in [0.5, 0.6) is 5.75 Å². The maximum absolute atomic E-state index is 10.5. The number of furan rings is 1. The first-order valence-electron chi connectivity index (χ1n) is 8.87. The molecule has 0 radical (unpaired) electrons. The molecule has 0 saturated carbocycles. The molecule has 6 heteroatoms. The summed E-state index contributed by atoms with van der Waals surface area (Å²) in [5.74, 6) is 2.07. The molecule has 26 heavy (non-hydrogen) atoms. The van der Waals surface area contributed by atoms with Crippen LogP contribution in [0.15, 0.2) is 52.1 Å². The van der Waals surface area contributed by atoms with E-state index in [1.165, 1.54) is 5.56 Å². The lowest BCUT2D eigenvalue weighted by molar-refractivity contribution is 0.0435. The van der Waals surface area contributed by atoms with E-state index in [1.807, 2.05) is 50.1 Å². The Morgan fingerprint density at radius 1 is 1.31 bits per heavy atom. The molecule has 1 unspecified atom stereocenters. The van der Waals surface area contributed by atoms with Crippen molar-refractivity contribution >= 4 is 5.96 Å². The second-order valence-corrected chi connectivity index (χ2v) is 6.50. The van der Waals surface area contributed by atoms with Crippen molar-refractivity contribution in [3.63, 3.8) is 0 Å². The Morgan fingerprint density at radius 3 is 2.65 bits per heavy atom. The number of hydrogen-bond acceptors (Lipinski definition) is 4. The molecule has 2 N–H and O–H groups in total. The molecule has 0 bridgehead atoms. The number of hydrogen-bond donors (Lipinski definition) is 2. The Hall–Kier alpha value is -2.47. The molecule has 2 aromatic rings. The van der Waals surface area contributed by atoms with Gasteiger partial charge in [0.25, 0.3) is 0 Å². The van der Waals surface area contributed by atoms with Gasteiger partial charge in [0, 0.05) is 13.6 Å². The zero-order valence-corrected chi connectivity index (χ0v) is 16.0. The fraction of sp³-hybridized carbons (Fsp3) is 0.450. The largest absolute Gasteiger partial charge is 0.492 e. The van der Waals surface area contributed by atoms with Crippen molar-refractivity contribution < 1.29 is 14.3 Å². The Balaban J connectivity index is 1.91. The number of benzene rings is 1. The van der Waals surface area contributed by atoms with Crippen molar-refractivity contribution in [2.24, 2.45) is 4.99 Å². The number of aliphatic imine (C=N–C) groups is 1. The SMILES string of the molecule is CCNC(=NCC(C)(O)c1ccco1)N(C)CCOc1ccc(C)cc1. The van der Waals surface area contributed by atoms with Crippen molar-refractivity contribution in [2.45, 2.75) is 26.4 Å². The molecular weight excluding hydrogens is 330 g/mol. The molecule has 142 valence electrons. The highest BCUT2D eigenvalue weighted by Gasteiger charge is 2.26. The molecule has 0 spiro atoms. The van der Waals surface area contributed by atoms with Gasteiger partial charge in [0.15, 0.2) is 5.96 Å². The highest BCUT2D eigenvalue weighted by Crippen LogP contribution is 2.21. The summed E-state index contributed by atoms with van der Waals surface area (Å²) in [6.45, 7) is 7.91.